The number of hydrogen-bond acceptors (Lipinski definition) is 5. The second kappa shape index (κ2) is 6.73. The Morgan fingerprint density at radius 1 is 1.21 bits per heavy atom. The summed E-state index contributed by atoms with van der Waals surface area (Å²) < 4.78 is 27.6. The van der Waals surface area contributed by atoms with Gasteiger partial charge in [-0.3, -0.25) is 9.59 Å². The van der Waals surface area contributed by atoms with Crippen molar-refractivity contribution < 1.29 is 18.3 Å². The number of carbonyl (C=O) groups is 1. The molecule has 2 aromatic heterocycles. The quantitative estimate of drug-likeness (QED) is 0.584. The fraction of sp³-hybridized carbons (Fsp3) is 0.333. The molecule has 3 heterocycles. The number of benzene rings is 1. The highest BCUT2D eigenvalue weighted by Crippen LogP contribution is 2.28. The molecule has 0 amide bonds. The Morgan fingerprint density at radius 2 is 1.93 bits per heavy atom. The van der Waals surface area contributed by atoms with Crippen molar-refractivity contribution in [2.45, 2.75) is 11.3 Å². The minimum absolute atomic E-state index is 0.125. The number of H-pyrrole nitrogens is 2. The molecule has 0 aliphatic carbocycles. The van der Waals surface area contributed by atoms with Crippen molar-refractivity contribution in [3.8, 4) is 0 Å². The Hall–Kier alpha value is -2.69. The van der Waals surface area contributed by atoms with Gasteiger partial charge < -0.3 is 20.0 Å². The third-order valence-corrected chi connectivity index (χ3v) is 7.03. The van der Waals surface area contributed by atoms with Gasteiger partial charge in [-0.05, 0) is 30.8 Å². The molecule has 0 radical (unpaired) electrons. The Kier molecular flexibility index (Phi) is 4.48. The van der Waals surface area contributed by atoms with Crippen molar-refractivity contribution in [1.29, 1.82) is 0 Å². The molecular formula is C18H20N4O5S. The topological polar surface area (TPSA) is 127 Å². The Morgan fingerprint density at radius 3 is 2.61 bits per heavy atom. The predicted molar refractivity (Wildman–Crippen MR) is 104 cm³/mol. The van der Waals surface area contributed by atoms with Crippen molar-refractivity contribution in [3.05, 3.63) is 40.3 Å². The number of sulfonamides is 1. The number of nitrogens with one attached hydrogen (secondary N) is 2. The van der Waals surface area contributed by atoms with Gasteiger partial charge in [0.2, 0.25) is 10.0 Å². The van der Waals surface area contributed by atoms with E-state index < -0.39 is 16.0 Å². The third-order valence-electron chi connectivity index (χ3n) is 5.14. The summed E-state index contributed by atoms with van der Waals surface area (Å²) in [5.41, 5.74) is 0.750. The second-order valence-electron chi connectivity index (χ2n) is 7.00. The number of aromatic amines is 2. The number of carboxylic acid groups (broad SMARTS) is 1. The molecule has 3 aromatic rings. The Balaban J connectivity index is 1.89. The van der Waals surface area contributed by atoms with Crippen LogP contribution in [0.4, 0.5) is 0 Å². The standard InChI is InChI=1S/C18H20N4O5S/c1-21-4-6-22(7-5-21)28(26,27)12-2-3-14-13(9-12)16-11(8-15(23)24)10-19-17(16)18(25)20-14/h2-3,9-10,19H,4-8H2,1H3,(H,20,25)(H,23,24). The van der Waals surface area contributed by atoms with Crippen LogP contribution in [0.25, 0.3) is 21.8 Å². The highest BCUT2D eigenvalue weighted by Gasteiger charge is 2.28. The second-order valence-corrected chi connectivity index (χ2v) is 8.94. The normalized spacial score (nSPS) is 16.8. The van der Waals surface area contributed by atoms with Crippen LogP contribution in [0.1, 0.15) is 5.56 Å². The highest BCUT2D eigenvalue weighted by atomic mass is 32.2. The first-order chi connectivity index (χ1) is 13.3. The summed E-state index contributed by atoms with van der Waals surface area (Å²) >= 11 is 0. The van der Waals surface area contributed by atoms with Crippen LogP contribution < -0.4 is 5.56 Å². The van der Waals surface area contributed by atoms with Crippen LogP contribution in [0.3, 0.4) is 0 Å². The maximum absolute atomic E-state index is 13.1. The number of hydrogen-bond donors (Lipinski definition) is 3. The molecule has 28 heavy (non-hydrogen) atoms. The number of fused-ring (bicyclic) bond motifs is 3. The number of pyridine rings is 1. The van der Waals surface area contributed by atoms with Gasteiger partial charge in [0, 0.05) is 48.7 Å². The van der Waals surface area contributed by atoms with E-state index in [1.165, 1.54) is 22.6 Å². The van der Waals surface area contributed by atoms with Crippen molar-refractivity contribution in [2.75, 3.05) is 33.2 Å². The van der Waals surface area contributed by atoms with Crippen LogP contribution in [0, 0.1) is 0 Å². The molecule has 0 bridgehead atoms. The van der Waals surface area contributed by atoms with Crippen LogP contribution >= 0.6 is 0 Å². The molecule has 1 fully saturated rings. The van der Waals surface area contributed by atoms with E-state index in [-0.39, 0.29) is 22.4 Å². The number of rotatable bonds is 4. The van der Waals surface area contributed by atoms with Gasteiger partial charge in [-0.2, -0.15) is 4.31 Å². The molecule has 1 saturated heterocycles. The van der Waals surface area contributed by atoms with Crippen molar-refractivity contribution >= 4 is 37.8 Å². The number of nitrogens with zero attached hydrogens (tertiary/aromatic N) is 2. The molecule has 10 heteroatoms. The minimum Gasteiger partial charge on any atom is -0.481 e. The van der Waals surface area contributed by atoms with Crippen molar-refractivity contribution in [2.24, 2.45) is 0 Å². The van der Waals surface area contributed by atoms with Gasteiger partial charge in [0.15, 0.2) is 0 Å². The van der Waals surface area contributed by atoms with E-state index in [1.807, 2.05) is 7.05 Å². The Bertz CT molecular complexity index is 1240. The molecule has 1 aliphatic rings. The zero-order valence-corrected chi connectivity index (χ0v) is 16.0. The lowest BCUT2D eigenvalue weighted by molar-refractivity contribution is -0.136. The number of carboxylic acids is 1. The summed E-state index contributed by atoms with van der Waals surface area (Å²) in [6.07, 6.45) is 1.21. The fourth-order valence-electron chi connectivity index (χ4n) is 3.62. The number of aliphatic carboxylic acids is 1. The van der Waals surface area contributed by atoms with Gasteiger partial charge in [-0.15, -0.1) is 0 Å². The van der Waals surface area contributed by atoms with Gasteiger partial charge in [-0.25, -0.2) is 8.42 Å². The predicted octanol–water partition coefficient (Wildman–Crippen LogP) is 0.573. The minimum atomic E-state index is -3.69. The van der Waals surface area contributed by atoms with Gasteiger partial charge in [0.25, 0.3) is 5.56 Å². The molecule has 1 aliphatic heterocycles. The first-order valence-corrected chi connectivity index (χ1v) is 10.3. The van der Waals surface area contributed by atoms with E-state index >= 15 is 0 Å². The van der Waals surface area contributed by atoms with Crippen LogP contribution in [0.5, 0.6) is 0 Å². The lowest BCUT2D eigenvalue weighted by Gasteiger charge is -2.31. The van der Waals surface area contributed by atoms with Gasteiger partial charge in [-0.1, -0.05) is 0 Å². The number of aromatic nitrogens is 2. The summed E-state index contributed by atoms with van der Waals surface area (Å²) in [4.78, 5) is 31.2. The van der Waals surface area contributed by atoms with E-state index in [4.69, 9.17) is 5.11 Å². The molecular weight excluding hydrogens is 384 g/mol. The summed E-state index contributed by atoms with van der Waals surface area (Å²) in [6, 6.07) is 4.54. The van der Waals surface area contributed by atoms with Gasteiger partial charge in [0.05, 0.1) is 11.3 Å². The van der Waals surface area contributed by atoms with Crippen LogP contribution in [0.15, 0.2) is 34.1 Å². The maximum Gasteiger partial charge on any atom is 0.307 e. The van der Waals surface area contributed by atoms with Gasteiger partial charge in [0.1, 0.15) is 5.52 Å². The monoisotopic (exact) mass is 404 g/mol. The lowest BCUT2D eigenvalue weighted by atomic mass is 10.1. The first kappa shape index (κ1) is 18.7. The van der Waals surface area contributed by atoms with Crippen LogP contribution in [-0.4, -0.2) is 71.9 Å². The summed E-state index contributed by atoms with van der Waals surface area (Å²) in [7, 11) is -1.74. The van der Waals surface area contributed by atoms with E-state index in [1.54, 1.807) is 6.07 Å². The molecule has 0 spiro atoms. The summed E-state index contributed by atoms with van der Waals surface area (Å²) in [6.45, 7) is 2.13. The molecule has 0 atom stereocenters. The summed E-state index contributed by atoms with van der Waals surface area (Å²) in [5, 5.41) is 10.1. The van der Waals surface area contributed by atoms with E-state index in [0.717, 1.165) is 0 Å². The molecule has 4 rings (SSSR count). The first-order valence-electron chi connectivity index (χ1n) is 8.84. The van der Waals surface area contributed by atoms with Crippen molar-refractivity contribution in [3.63, 3.8) is 0 Å². The average Bonchev–Trinajstić information content (AvgIpc) is 3.06. The molecule has 0 unspecified atom stereocenters. The van der Waals surface area contributed by atoms with E-state index in [9.17, 15) is 18.0 Å². The van der Waals surface area contributed by atoms with E-state index in [2.05, 4.69) is 14.9 Å². The lowest BCUT2D eigenvalue weighted by Crippen LogP contribution is -2.47. The van der Waals surface area contributed by atoms with Crippen LogP contribution in [-0.2, 0) is 21.2 Å². The highest BCUT2D eigenvalue weighted by molar-refractivity contribution is 7.89. The molecule has 9 nitrogen and oxygen atoms in total. The summed E-state index contributed by atoms with van der Waals surface area (Å²) in [5.74, 6) is -1.03. The largest absolute Gasteiger partial charge is 0.481 e. The van der Waals surface area contributed by atoms with Crippen LogP contribution in [0.2, 0.25) is 0 Å². The zero-order chi connectivity index (χ0) is 20.1. The number of likely N-dealkylation sites (N-methyl/N-ethyl adjacent to an activating group) is 1. The van der Waals surface area contributed by atoms with Gasteiger partial charge >= 0.3 is 5.97 Å². The molecule has 3 N–H and O–H groups in total. The smallest absolute Gasteiger partial charge is 0.307 e. The molecule has 1 aromatic carbocycles. The zero-order valence-electron chi connectivity index (χ0n) is 15.2. The molecule has 0 saturated carbocycles. The average molecular weight is 404 g/mol. The van der Waals surface area contributed by atoms with Crippen molar-refractivity contribution in [1.82, 2.24) is 19.2 Å². The van der Waals surface area contributed by atoms with E-state index in [0.29, 0.717) is 48.0 Å². The Labute approximate surface area is 160 Å². The number of piperazine rings is 1. The third kappa shape index (κ3) is 3.09. The SMILES string of the molecule is CN1CCN(S(=O)(=O)c2ccc3[nH]c(=O)c4[nH]cc(CC(=O)O)c4c3c2)CC1. The fourth-order valence-corrected chi connectivity index (χ4v) is 5.06. The maximum atomic E-state index is 13.1. The molecule has 148 valence electrons.